The number of rotatable bonds is 12. The minimum atomic E-state index is 0.513. The van der Waals surface area contributed by atoms with Gasteiger partial charge in [0.05, 0.1) is 18.0 Å². The summed E-state index contributed by atoms with van der Waals surface area (Å²) < 4.78 is 0. The van der Waals surface area contributed by atoms with E-state index in [1.165, 1.54) is 21.9 Å². The summed E-state index contributed by atoms with van der Waals surface area (Å²) in [6.07, 6.45) is 13.9. The van der Waals surface area contributed by atoms with E-state index in [4.69, 9.17) is 4.99 Å². The number of fused-ring (bicyclic) bond motifs is 1. The normalized spacial score (nSPS) is 12.8. The molecular formula is C45H40N2. The fourth-order valence-corrected chi connectivity index (χ4v) is 5.61. The van der Waals surface area contributed by atoms with Crippen molar-refractivity contribution >= 4 is 40.0 Å². The van der Waals surface area contributed by atoms with Gasteiger partial charge >= 0.3 is 0 Å². The van der Waals surface area contributed by atoms with E-state index in [9.17, 15) is 0 Å². The fraction of sp³-hybridized carbons (Fsp3) is 0.0667. The Kier molecular flexibility index (Phi) is 11.0. The van der Waals surface area contributed by atoms with Crippen LogP contribution >= 0.6 is 0 Å². The van der Waals surface area contributed by atoms with E-state index in [2.05, 4.69) is 152 Å². The average molecular weight is 609 g/mol. The lowest BCUT2D eigenvalue weighted by Gasteiger charge is -2.10. The predicted molar refractivity (Wildman–Crippen MR) is 207 cm³/mol. The molecule has 0 heterocycles. The summed E-state index contributed by atoms with van der Waals surface area (Å²) in [5, 5.41) is 2.47. The summed E-state index contributed by atoms with van der Waals surface area (Å²) in [5.41, 5.74) is 11.4. The topological polar surface area (TPSA) is 24.7 Å². The number of aliphatic imine (C=N–C) groups is 2. The molecule has 0 aromatic heterocycles. The average Bonchev–Trinajstić information content (AvgIpc) is 3.13. The molecule has 5 aromatic carbocycles. The van der Waals surface area contributed by atoms with Crippen LogP contribution in [-0.4, -0.2) is 12.4 Å². The van der Waals surface area contributed by atoms with Gasteiger partial charge in [-0.2, -0.15) is 0 Å². The summed E-state index contributed by atoms with van der Waals surface area (Å²) in [4.78, 5) is 9.61. The first-order chi connectivity index (χ1) is 23.1. The third kappa shape index (κ3) is 7.87. The third-order valence-corrected chi connectivity index (χ3v) is 8.15. The highest BCUT2D eigenvalue weighted by Gasteiger charge is 2.09. The van der Waals surface area contributed by atoms with Crippen molar-refractivity contribution in [1.82, 2.24) is 0 Å². The molecule has 2 nitrogen and oxygen atoms in total. The summed E-state index contributed by atoms with van der Waals surface area (Å²) in [5.74, 6) is 0. The molecule has 5 aromatic rings. The van der Waals surface area contributed by atoms with Crippen LogP contribution in [0.1, 0.15) is 41.7 Å². The van der Waals surface area contributed by atoms with Gasteiger partial charge in [-0.05, 0) is 88.0 Å². The zero-order valence-electron chi connectivity index (χ0n) is 27.2. The van der Waals surface area contributed by atoms with Crippen molar-refractivity contribution in [2.75, 3.05) is 0 Å². The maximum Gasteiger partial charge on any atom is 0.0716 e. The zero-order valence-corrected chi connectivity index (χ0v) is 27.2. The summed E-state index contributed by atoms with van der Waals surface area (Å²) in [6, 6.07) is 40.4. The van der Waals surface area contributed by atoms with Crippen molar-refractivity contribution in [1.29, 1.82) is 0 Å². The number of allylic oxidation sites excluding steroid dienone is 9. The molecule has 47 heavy (non-hydrogen) atoms. The summed E-state index contributed by atoms with van der Waals surface area (Å²) >= 11 is 0. The Morgan fingerprint density at radius 2 is 1.32 bits per heavy atom. The smallest absolute Gasteiger partial charge is 0.0716 e. The minimum Gasteiger partial charge on any atom is -0.280 e. The highest BCUT2D eigenvalue weighted by atomic mass is 14.8. The second-order valence-corrected chi connectivity index (χ2v) is 11.1. The Morgan fingerprint density at radius 1 is 0.681 bits per heavy atom. The van der Waals surface area contributed by atoms with Gasteiger partial charge in [0.25, 0.3) is 0 Å². The van der Waals surface area contributed by atoms with E-state index >= 15 is 0 Å². The maximum absolute atomic E-state index is 5.18. The third-order valence-electron chi connectivity index (χ3n) is 8.15. The first-order valence-electron chi connectivity index (χ1n) is 15.8. The first-order valence-corrected chi connectivity index (χ1v) is 15.8. The molecule has 0 aliphatic heterocycles. The summed E-state index contributed by atoms with van der Waals surface area (Å²) in [7, 11) is 0. The lowest BCUT2D eigenvalue weighted by atomic mass is 9.97. The number of benzene rings is 5. The fourth-order valence-electron chi connectivity index (χ4n) is 5.61. The molecule has 230 valence electrons. The van der Waals surface area contributed by atoms with Gasteiger partial charge in [-0.1, -0.05) is 159 Å². The molecule has 0 saturated heterocycles. The van der Waals surface area contributed by atoms with Crippen LogP contribution in [-0.2, 0) is 6.54 Å². The molecule has 0 N–H and O–H groups in total. The molecule has 5 rings (SSSR count). The molecular weight excluding hydrogens is 569 g/mol. The molecule has 2 heteroatoms. The van der Waals surface area contributed by atoms with Crippen LogP contribution < -0.4 is 0 Å². The van der Waals surface area contributed by atoms with Crippen LogP contribution in [0.2, 0.25) is 0 Å². The lowest BCUT2D eigenvalue weighted by molar-refractivity contribution is 1.07. The van der Waals surface area contributed by atoms with E-state index in [1.807, 2.05) is 44.2 Å². The number of hydrogen-bond acceptors (Lipinski definition) is 2. The Balaban J connectivity index is 1.54. The molecule has 0 spiro atoms. The number of hydrogen-bond donors (Lipinski definition) is 0. The first kappa shape index (κ1) is 32.5. The van der Waals surface area contributed by atoms with Crippen LogP contribution in [0.25, 0.3) is 38.7 Å². The second kappa shape index (κ2) is 15.9. The van der Waals surface area contributed by atoms with Gasteiger partial charge < -0.3 is 0 Å². The Morgan fingerprint density at radius 3 is 2.00 bits per heavy atom. The van der Waals surface area contributed by atoms with Gasteiger partial charge in [0.2, 0.25) is 0 Å². The molecule has 0 amide bonds. The highest BCUT2D eigenvalue weighted by molar-refractivity contribution is 6.12. The second-order valence-electron chi connectivity index (χ2n) is 11.1. The number of nitrogens with zero attached hydrogens (tertiary/aromatic N) is 2. The Bertz CT molecular complexity index is 2040. The van der Waals surface area contributed by atoms with E-state index in [1.54, 1.807) is 0 Å². The lowest BCUT2D eigenvalue weighted by Crippen LogP contribution is -2.01. The quantitative estimate of drug-likeness (QED) is 0.0994. The molecule has 0 aliphatic rings. The highest BCUT2D eigenvalue weighted by Crippen LogP contribution is 2.29. The Hall–Kier alpha value is -5.86. The predicted octanol–water partition coefficient (Wildman–Crippen LogP) is 12.0. The van der Waals surface area contributed by atoms with Gasteiger partial charge in [0, 0.05) is 5.56 Å². The molecule has 0 saturated carbocycles. The van der Waals surface area contributed by atoms with Crippen molar-refractivity contribution in [3.63, 3.8) is 0 Å². The SMILES string of the molecule is C=C/C(=C\C=C/C)c1ccc(C(/C=C(\N=C)c2ccc(/C(C=C)=C/C)cc2)=NCc2cccc(-c3cccc4ccccc34)c2)cc1. The molecule has 0 aliphatic carbocycles. The van der Waals surface area contributed by atoms with Crippen LogP contribution in [0.5, 0.6) is 0 Å². The minimum absolute atomic E-state index is 0.513. The molecule has 0 bridgehead atoms. The zero-order chi connectivity index (χ0) is 33.0. The van der Waals surface area contributed by atoms with Gasteiger partial charge in [0.1, 0.15) is 0 Å². The van der Waals surface area contributed by atoms with Crippen molar-refractivity contribution < 1.29 is 0 Å². The molecule has 0 unspecified atom stereocenters. The van der Waals surface area contributed by atoms with Gasteiger partial charge in [0.15, 0.2) is 0 Å². The van der Waals surface area contributed by atoms with Crippen LogP contribution in [0.4, 0.5) is 0 Å². The standard InChI is InChI=1S/C45H40N2/c1-6-10-16-35(9-4)37-24-28-40(29-25-37)45(31-44(46-5)39-26-22-36(23-27-39)34(7-2)8-3)47-32-33-15-13-19-41(30-33)43-21-14-18-38-17-11-12-20-42(38)43/h6-31H,2,4-5,32H2,1,3H3/b10-6-,34-8+,35-16+,44-31-,47-45?. The largest absolute Gasteiger partial charge is 0.280 e. The van der Waals surface area contributed by atoms with Crippen LogP contribution in [0, 0.1) is 0 Å². The van der Waals surface area contributed by atoms with Gasteiger partial charge in [-0.3, -0.25) is 9.98 Å². The Labute approximate surface area is 279 Å². The van der Waals surface area contributed by atoms with Crippen molar-refractivity contribution in [2.24, 2.45) is 9.98 Å². The van der Waals surface area contributed by atoms with E-state index in [0.717, 1.165) is 50.4 Å². The van der Waals surface area contributed by atoms with Crippen molar-refractivity contribution in [2.45, 2.75) is 20.4 Å². The van der Waals surface area contributed by atoms with Crippen molar-refractivity contribution in [3.05, 3.63) is 199 Å². The van der Waals surface area contributed by atoms with Gasteiger partial charge in [-0.25, -0.2) is 0 Å². The van der Waals surface area contributed by atoms with Crippen molar-refractivity contribution in [3.8, 4) is 11.1 Å². The summed E-state index contributed by atoms with van der Waals surface area (Å²) in [6.45, 7) is 16.4. The van der Waals surface area contributed by atoms with Gasteiger partial charge in [-0.15, -0.1) is 0 Å². The maximum atomic E-state index is 5.18. The van der Waals surface area contributed by atoms with E-state index in [-0.39, 0.29) is 0 Å². The van der Waals surface area contributed by atoms with Crippen LogP contribution in [0.15, 0.2) is 181 Å². The van der Waals surface area contributed by atoms with E-state index in [0.29, 0.717) is 6.54 Å². The monoisotopic (exact) mass is 608 g/mol. The molecule has 0 atom stereocenters. The molecule has 0 fully saturated rings. The van der Waals surface area contributed by atoms with Crippen LogP contribution in [0.3, 0.4) is 0 Å². The van der Waals surface area contributed by atoms with E-state index < -0.39 is 0 Å². The molecule has 0 radical (unpaired) electrons.